The third kappa shape index (κ3) is 6.07. The summed E-state index contributed by atoms with van der Waals surface area (Å²) in [5.41, 5.74) is 3.49. The number of likely N-dealkylation sites (N-methyl/N-ethyl adjacent to an activating group) is 1. The van der Waals surface area contributed by atoms with Crippen molar-refractivity contribution in [1.29, 1.82) is 0 Å². The molecule has 0 aromatic carbocycles. The molecule has 0 heterocycles. The zero-order chi connectivity index (χ0) is 12.6. The Labute approximate surface area is 100 Å². The van der Waals surface area contributed by atoms with Crippen molar-refractivity contribution < 1.29 is 0 Å². The summed E-state index contributed by atoms with van der Waals surface area (Å²) in [4.78, 5) is 2.11. The molecule has 16 heavy (non-hydrogen) atoms. The molecule has 0 spiro atoms. The van der Waals surface area contributed by atoms with E-state index in [1.54, 1.807) is 0 Å². The molecule has 1 nitrogen and oxygen atoms in total. The van der Waals surface area contributed by atoms with Crippen molar-refractivity contribution in [3.05, 3.63) is 59.9 Å². The van der Waals surface area contributed by atoms with Gasteiger partial charge in [-0.3, -0.25) is 0 Å². The zero-order valence-electron chi connectivity index (χ0n) is 11.1. The second-order valence-electron chi connectivity index (χ2n) is 4.03. The van der Waals surface area contributed by atoms with Crippen LogP contribution in [0.3, 0.4) is 0 Å². The number of nitrogens with zero attached hydrogens (tertiary/aromatic N) is 1. The number of allylic oxidation sites excluding steroid dienone is 8. The molecule has 0 bridgehead atoms. The van der Waals surface area contributed by atoms with Crippen molar-refractivity contribution in [2.45, 2.75) is 20.8 Å². The fraction of sp³-hybridized carbons (Fsp3) is 0.333. The molecule has 88 valence electrons. The molecule has 1 heteroatoms. The topological polar surface area (TPSA) is 3.24 Å². The van der Waals surface area contributed by atoms with Gasteiger partial charge in [-0.2, -0.15) is 0 Å². The van der Waals surface area contributed by atoms with E-state index in [0.717, 1.165) is 5.57 Å². The van der Waals surface area contributed by atoms with Crippen LogP contribution in [0.2, 0.25) is 0 Å². The fourth-order valence-electron chi connectivity index (χ4n) is 1.25. The summed E-state index contributed by atoms with van der Waals surface area (Å²) in [6.45, 7) is 9.98. The largest absolute Gasteiger partial charge is 0.377 e. The number of rotatable bonds is 5. The SMILES string of the molecule is C=C(C)\C=C/C(=C(C)/C=C\C=C/C)N(C)C. The van der Waals surface area contributed by atoms with Gasteiger partial charge in [0.15, 0.2) is 0 Å². The maximum Gasteiger partial charge on any atom is 0.0390 e. The van der Waals surface area contributed by atoms with Gasteiger partial charge in [0.1, 0.15) is 0 Å². The van der Waals surface area contributed by atoms with Gasteiger partial charge in [0.05, 0.1) is 0 Å². The molecular formula is C15H23N. The van der Waals surface area contributed by atoms with Crippen molar-refractivity contribution in [3.63, 3.8) is 0 Å². The van der Waals surface area contributed by atoms with Gasteiger partial charge in [-0.25, -0.2) is 0 Å². The summed E-state index contributed by atoms with van der Waals surface area (Å²) < 4.78 is 0. The summed E-state index contributed by atoms with van der Waals surface area (Å²) in [7, 11) is 4.09. The van der Waals surface area contributed by atoms with Crippen LogP contribution in [-0.4, -0.2) is 19.0 Å². The van der Waals surface area contributed by atoms with Gasteiger partial charge in [0, 0.05) is 19.8 Å². The van der Waals surface area contributed by atoms with E-state index in [0.29, 0.717) is 0 Å². The van der Waals surface area contributed by atoms with E-state index in [1.807, 2.05) is 52.2 Å². The first-order chi connectivity index (χ1) is 7.49. The maximum atomic E-state index is 3.86. The monoisotopic (exact) mass is 217 g/mol. The van der Waals surface area contributed by atoms with Crippen molar-refractivity contribution in [2.24, 2.45) is 0 Å². The third-order valence-corrected chi connectivity index (χ3v) is 2.06. The summed E-state index contributed by atoms with van der Waals surface area (Å²) >= 11 is 0. The average molecular weight is 217 g/mol. The molecule has 0 aliphatic carbocycles. The Hall–Kier alpha value is -1.50. The molecular weight excluding hydrogens is 194 g/mol. The van der Waals surface area contributed by atoms with Crippen LogP contribution >= 0.6 is 0 Å². The first-order valence-electron chi connectivity index (χ1n) is 5.50. The van der Waals surface area contributed by atoms with Crippen LogP contribution in [0.15, 0.2) is 59.9 Å². The van der Waals surface area contributed by atoms with Crippen LogP contribution in [-0.2, 0) is 0 Å². The normalized spacial score (nSPS) is 13.8. The Morgan fingerprint density at radius 3 is 2.06 bits per heavy atom. The molecule has 0 rings (SSSR count). The van der Waals surface area contributed by atoms with Crippen molar-refractivity contribution in [3.8, 4) is 0 Å². The lowest BCUT2D eigenvalue weighted by atomic mass is 10.1. The molecule has 0 atom stereocenters. The van der Waals surface area contributed by atoms with Gasteiger partial charge >= 0.3 is 0 Å². The Morgan fingerprint density at radius 1 is 1.00 bits per heavy atom. The lowest BCUT2D eigenvalue weighted by Gasteiger charge is -2.16. The highest BCUT2D eigenvalue weighted by Gasteiger charge is 1.98. The van der Waals surface area contributed by atoms with Gasteiger partial charge in [-0.05, 0) is 32.4 Å². The van der Waals surface area contributed by atoms with E-state index in [-0.39, 0.29) is 0 Å². The molecule has 0 N–H and O–H groups in total. The highest BCUT2D eigenvalue weighted by Crippen LogP contribution is 2.11. The van der Waals surface area contributed by atoms with E-state index in [4.69, 9.17) is 0 Å². The van der Waals surface area contributed by atoms with Crippen molar-refractivity contribution in [2.75, 3.05) is 14.1 Å². The Balaban J connectivity index is 5.00. The minimum atomic E-state index is 1.06. The summed E-state index contributed by atoms with van der Waals surface area (Å²) in [5, 5.41) is 0. The molecule has 0 saturated heterocycles. The summed E-state index contributed by atoms with van der Waals surface area (Å²) in [5.74, 6) is 0. The van der Waals surface area contributed by atoms with Crippen LogP contribution in [0.4, 0.5) is 0 Å². The zero-order valence-corrected chi connectivity index (χ0v) is 11.1. The van der Waals surface area contributed by atoms with Crippen LogP contribution in [0.1, 0.15) is 20.8 Å². The molecule has 0 unspecified atom stereocenters. The molecule has 0 aromatic rings. The van der Waals surface area contributed by atoms with Crippen molar-refractivity contribution in [1.82, 2.24) is 4.90 Å². The predicted octanol–water partition coefficient (Wildman–Crippen LogP) is 4.09. The quantitative estimate of drug-likeness (QED) is 0.627. The molecule has 0 radical (unpaired) electrons. The minimum Gasteiger partial charge on any atom is -0.377 e. The molecule has 0 aliphatic rings. The van der Waals surface area contributed by atoms with Gasteiger partial charge in [0.25, 0.3) is 0 Å². The highest BCUT2D eigenvalue weighted by atomic mass is 15.1. The minimum absolute atomic E-state index is 1.06. The van der Waals surface area contributed by atoms with Crippen LogP contribution < -0.4 is 0 Å². The van der Waals surface area contributed by atoms with Crippen LogP contribution in [0, 0.1) is 0 Å². The lowest BCUT2D eigenvalue weighted by Crippen LogP contribution is -2.10. The Kier molecular flexibility index (Phi) is 7.02. The summed E-state index contributed by atoms with van der Waals surface area (Å²) in [6, 6.07) is 0. The van der Waals surface area contributed by atoms with E-state index >= 15 is 0 Å². The second-order valence-corrected chi connectivity index (χ2v) is 4.03. The lowest BCUT2D eigenvalue weighted by molar-refractivity contribution is 0.525. The Bertz CT molecular complexity index is 338. The molecule has 0 aromatic heterocycles. The fourth-order valence-corrected chi connectivity index (χ4v) is 1.25. The predicted molar refractivity (Wildman–Crippen MR) is 74.3 cm³/mol. The molecule has 0 aliphatic heterocycles. The van der Waals surface area contributed by atoms with E-state index in [2.05, 4.69) is 30.6 Å². The molecule has 0 saturated carbocycles. The van der Waals surface area contributed by atoms with Gasteiger partial charge in [-0.15, -0.1) is 0 Å². The maximum absolute atomic E-state index is 3.86. The Morgan fingerprint density at radius 2 is 1.62 bits per heavy atom. The van der Waals surface area contributed by atoms with Gasteiger partial charge < -0.3 is 4.90 Å². The van der Waals surface area contributed by atoms with Crippen LogP contribution in [0.5, 0.6) is 0 Å². The average Bonchev–Trinajstić information content (AvgIpc) is 2.17. The van der Waals surface area contributed by atoms with Gasteiger partial charge in [-0.1, -0.05) is 42.5 Å². The van der Waals surface area contributed by atoms with Gasteiger partial charge in [0.2, 0.25) is 0 Å². The third-order valence-electron chi connectivity index (χ3n) is 2.06. The van der Waals surface area contributed by atoms with E-state index < -0.39 is 0 Å². The standard InChI is InChI=1S/C15H23N/c1-7-8-9-10-14(4)15(16(5)6)12-11-13(2)3/h7-12H,2H2,1,3-6H3/b8-7-,10-9-,12-11-,15-14-. The highest BCUT2D eigenvalue weighted by molar-refractivity contribution is 5.34. The first-order valence-corrected chi connectivity index (χ1v) is 5.50. The molecule has 0 amide bonds. The number of hydrogen-bond donors (Lipinski definition) is 0. The smallest absolute Gasteiger partial charge is 0.0390 e. The number of hydrogen-bond acceptors (Lipinski definition) is 1. The van der Waals surface area contributed by atoms with E-state index in [1.165, 1.54) is 11.3 Å². The molecule has 0 fully saturated rings. The summed E-state index contributed by atoms with van der Waals surface area (Å²) in [6.07, 6.45) is 12.3. The van der Waals surface area contributed by atoms with Crippen molar-refractivity contribution >= 4 is 0 Å². The first kappa shape index (κ1) is 14.5. The van der Waals surface area contributed by atoms with Crippen LogP contribution in [0.25, 0.3) is 0 Å². The van der Waals surface area contributed by atoms with E-state index in [9.17, 15) is 0 Å². The second kappa shape index (κ2) is 7.75.